The van der Waals surface area contributed by atoms with Gasteiger partial charge >= 0.3 is 0 Å². The van der Waals surface area contributed by atoms with E-state index in [1.54, 1.807) is 0 Å². The largest absolute Gasteiger partial charge is 0.480 e. The summed E-state index contributed by atoms with van der Waals surface area (Å²) in [6.07, 6.45) is -0.297. The molecule has 0 bridgehead atoms. The van der Waals surface area contributed by atoms with E-state index in [4.69, 9.17) is 9.94 Å². The minimum absolute atomic E-state index is 0.221. The normalized spacial score (nSPS) is 16.0. The van der Waals surface area contributed by atoms with Gasteiger partial charge < -0.3 is 10.1 Å². The van der Waals surface area contributed by atoms with E-state index in [0.29, 0.717) is 12.2 Å². The van der Waals surface area contributed by atoms with Crippen LogP contribution < -0.4 is 10.1 Å². The van der Waals surface area contributed by atoms with Gasteiger partial charge in [-0.3, -0.25) is 10.0 Å². The van der Waals surface area contributed by atoms with Crippen LogP contribution in [0, 0.1) is 13.8 Å². The number of anilines is 1. The van der Waals surface area contributed by atoms with Gasteiger partial charge in [0.15, 0.2) is 6.10 Å². The fraction of sp³-hybridized carbons (Fsp3) is 0.222. The van der Waals surface area contributed by atoms with Crippen molar-refractivity contribution in [2.75, 3.05) is 5.32 Å². The minimum Gasteiger partial charge on any atom is -0.480 e. The van der Waals surface area contributed by atoms with Gasteiger partial charge in [0.1, 0.15) is 5.75 Å². The van der Waals surface area contributed by atoms with Crippen LogP contribution in [-0.2, 0) is 15.9 Å². The smallest absolute Gasteiger partial charge is 0.265 e. The number of hydrogen-bond donors (Lipinski definition) is 2. The first-order valence-electron chi connectivity index (χ1n) is 7.59. The Morgan fingerprint density at radius 3 is 2.62 bits per heavy atom. The molecule has 1 aliphatic rings. The molecule has 0 radical (unpaired) electrons. The molecule has 0 spiro atoms. The summed E-state index contributed by atoms with van der Waals surface area (Å²) in [7, 11) is 0. The van der Waals surface area contributed by atoms with Crippen molar-refractivity contribution < 1.29 is 14.7 Å². The Morgan fingerprint density at radius 1 is 1.21 bits per heavy atom. The molecule has 6 heteroatoms. The van der Waals surface area contributed by atoms with Crippen LogP contribution in [0.3, 0.4) is 0 Å². The second-order valence-electron chi connectivity index (χ2n) is 5.76. The number of amides is 1. The number of carbonyl (C=O) groups is 1. The Bertz CT molecular complexity index is 840. The Labute approximate surface area is 144 Å². The molecule has 2 aromatic rings. The first-order chi connectivity index (χ1) is 11.6. The molecule has 24 heavy (non-hydrogen) atoms. The van der Waals surface area contributed by atoms with Crippen molar-refractivity contribution in [2.45, 2.75) is 26.4 Å². The molecule has 5 nitrogen and oxygen atoms in total. The molecule has 1 heterocycles. The highest BCUT2D eigenvalue weighted by Crippen LogP contribution is 2.29. The summed E-state index contributed by atoms with van der Waals surface area (Å²) in [5, 5.41) is 11.8. The Hall–Kier alpha value is -2.44. The predicted molar refractivity (Wildman–Crippen MR) is 95.7 cm³/mol. The third-order valence-electron chi connectivity index (χ3n) is 3.84. The van der Waals surface area contributed by atoms with Gasteiger partial charge in [0, 0.05) is 22.5 Å². The molecule has 2 aromatic carbocycles. The highest BCUT2D eigenvalue weighted by Gasteiger charge is 2.29. The number of nitrogens with one attached hydrogen (secondary N) is 1. The molecular formula is C18H18N2O3S. The number of benzene rings is 2. The van der Waals surface area contributed by atoms with Crippen molar-refractivity contribution >= 4 is 27.6 Å². The molecule has 3 rings (SSSR count). The fourth-order valence-corrected chi connectivity index (χ4v) is 3.16. The molecule has 0 aromatic heterocycles. The van der Waals surface area contributed by atoms with Crippen LogP contribution >= 0.6 is 0 Å². The van der Waals surface area contributed by atoms with Crippen LogP contribution in [0.1, 0.15) is 23.1 Å². The number of nitrogens with zero attached hydrogens (tertiary/aromatic N) is 1. The third kappa shape index (κ3) is 3.55. The van der Waals surface area contributed by atoms with Crippen molar-refractivity contribution in [3.63, 3.8) is 0 Å². The standard InChI is InChI=1S/C18H18N2O3S/c1-11-3-6-13(7-4-11)19-18(21)16-10-17(24-20-22)14-9-12(2)5-8-15(14)23-16/h3-9,16,22H,10H2,1-2H3,(H,19,21). The molecule has 0 aliphatic carbocycles. The summed E-state index contributed by atoms with van der Waals surface area (Å²) < 4.78 is 9.02. The van der Waals surface area contributed by atoms with Gasteiger partial charge in [-0.25, -0.2) is 0 Å². The molecule has 1 unspecified atom stereocenters. The van der Waals surface area contributed by atoms with E-state index in [2.05, 4.69) is 9.84 Å². The zero-order chi connectivity index (χ0) is 17.1. The summed E-state index contributed by atoms with van der Waals surface area (Å²) in [4.78, 5) is 13.3. The summed E-state index contributed by atoms with van der Waals surface area (Å²) in [6, 6.07) is 13.3. The summed E-state index contributed by atoms with van der Waals surface area (Å²) in [5.74, 6) is 0.406. The molecule has 2 N–H and O–H groups in total. The molecule has 1 atom stereocenters. The van der Waals surface area contributed by atoms with E-state index in [1.807, 2.05) is 56.3 Å². The zero-order valence-corrected chi connectivity index (χ0v) is 14.3. The van der Waals surface area contributed by atoms with E-state index in [9.17, 15) is 4.79 Å². The van der Waals surface area contributed by atoms with Crippen molar-refractivity contribution in [1.82, 2.24) is 0 Å². The highest BCUT2D eigenvalue weighted by atomic mass is 32.1. The SMILES string of the molecule is Cc1ccc(NC(=O)C2CC(=S=NO)c3cc(C)ccc3O2)cc1. The van der Waals surface area contributed by atoms with E-state index < -0.39 is 6.10 Å². The number of carbonyl (C=O) groups excluding carboxylic acids is 1. The zero-order valence-electron chi connectivity index (χ0n) is 13.4. The van der Waals surface area contributed by atoms with Gasteiger partial charge in [-0.1, -0.05) is 33.9 Å². The van der Waals surface area contributed by atoms with Crippen LogP contribution in [-0.4, -0.2) is 22.1 Å². The molecule has 124 valence electrons. The molecule has 0 fully saturated rings. The summed E-state index contributed by atoms with van der Waals surface area (Å²) >= 11 is 0.970. The van der Waals surface area contributed by atoms with E-state index in [0.717, 1.165) is 38.4 Å². The van der Waals surface area contributed by atoms with Gasteiger partial charge in [0.2, 0.25) is 0 Å². The van der Waals surface area contributed by atoms with Crippen molar-refractivity contribution in [3.05, 3.63) is 59.2 Å². The number of hydrogen-bond acceptors (Lipinski definition) is 3. The van der Waals surface area contributed by atoms with Crippen LogP contribution in [0.5, 0.6) is 5.75 Å². The summed E-state index contributed by atoms with van der Waals surface area (Å²) in [5.41, 5.74) is 3.81. The van der Waals surface area contributed by atoms with Crippen LogP contribution in [0.2, 0.25) is 0 Å². The molecule has 1 aliphatic heterocycles. The first kappa shape index (κ1) is 16.4. The van der Waals surface area contributed by atoms with Gasteiger partial charge in [0.05, 0.1) is 0 Å². The van der Waals surface area contributed by atoms with E-state index >= 15 is 0 Å². The minimum atomic E-state index is -0.661. The Kier molecular flexibility index (Phi) is 4.78. The topological polar surface area (TPSA) is 70.9 Å². The van der Waals surface area contributed by atoms with Crippen LogP contribution in [0.4, 0.5) is 5.69 Å². The Balaban J connectivity index is 1.85. The van der Waals surface area contributed by atoms with Gasteiger partial charge in [0.25, 0.3) is 5.91 Å². The molecular weight excluding hydrogens is 324 g/mol. The average molecular weight is 342 g/mol. The number of ether oxygens (including phenoxy) is 1. The lowest BCUT2D eigenvalue weighted by Crippen LogP contribution is -2.38. The predicted octanol–water partition coefficient (Wildman–Crippen LogP) is 3.27. The number of rotatable bonds is 2. The lowest BCUT2D eigenvalue weighted by Gasteiger charge is -2.26. The maximum absolute atomic E-state index is 12.5. The van der Waals surface area contributed by atoms with Gasteiger partial charge in [-0.05, 0) is 49.3 Å². The second kappa shape index (κ2) is 6.98. The molecule has 0 saturated heterocycles. The number of aryl methyl sites for hydroxylation is 2. The van der Waals surface area contributed by atoms with Crippen molar-refractivity contribution in [1.29, 1.82) is 0 Å². The van der Waals surface area contributed by atoms with Crippen LogP contribution in [0.15, 0.2) is 47.0 Å². The van der Waals surface area contributed by atoms with Gasteiger partial charge in [-0.15, -0.1) is 0 Å². The average Bonchev–Trinajstić information content (AvgIpc) is 2.57. The van der Waals surface area contributed by atoms with Crippen LogP contribution in [0.25, 0.3) is 0 Å². The highest BCUT2D eigenvalue weighted by molar-refractivity contribution is 7.69. The van der Waals surface area contributed by atoms with E-state index in [-0.39, 0.29) is 5.91 Å². The maximum Gasteiger partial charge on any atom is 0.265 e. The van der Waals surface area contributed by atoms with Crippen molar-refractivity contribution in [3.8, 4) is 5.75 Å². The fourth-order valence-electron chi connectivity index (χ4n) is 2.58. The third-order valence-corrected chi connectivity index (χ3v) is 4.53. The summed E-state index contributed by atoms with van der Waals surface area (Å²) in [6.45, 7) is 3.97. The van der Waals surface area contributed by atoms with Gasteiger partial charge in [-0.2, -0.15) is 0 Å². The number of fused-ring (bicyclic) bond motifs is 1. The molecule has 1 amide bonds. The quantitative estimate of drug-likeness (QED) is 0.650. The van der Waals surface area contributed by atoms with E-state index in [1.165, 1.54) is 0 Å². The maximum atomic E-state index is 12.5. The second-order valence-corrected chi connectivity index (χ2v) is 6.60. The van der Waals surface area contributed by atoms with Crippen molar-refractivity contribution in [2.24, 2.45) is 4.53 Å². The lowest BCUT2D eigenvalue weighted by atomic mass is 9.99. The first-order valence-corrected chi connectivity index (χ1v) is 8.36. The molecule has 0 saturated carbocycles. The Morgan fingerprint density at radius 2 is 1.92 bits per heavy atom. The monoisotopic (exact) mass is 342 g/mol. The lowest BCUT2D eigenvalue weighted by molar-refractivity contribution is -0.122.